The number of para-hydroxylation sites is 2. The molecule has 1 amide bonds. The third-order valence-electron chi connectivity index (χ3n) is 4.39. The molecule has 0 aromatic heterocycles. The molecule has 2 N–H and O–H groups in total. The van der Waals surface area contributed by atoms with Crippen LogP contribution >= 0.6 is 11.6 Å². The molecule has 2 aromatic rings. The second kappa shape index (κ2) is 8.92. The summed E-state index contributed by atoms with van der Waals surface area (Å²) in [6.07, 6.45) is 0.388. The van der Waals surface area contributed by atoms with Crippen molar-refractivity contribution >= 4 is 34.6 Å². The molecule has 1 aliphatic heterocycles. The van der Waals surface area contributed by atoms with Crippen LogP contribution in [-0.2, 0) is 9.53 Å². The molecule has 26 heavy (non-hydrogen) atoms. The van der Waals surface area contributed by atoms with E-state index in [1.165, 1.54) is 0 Å². The fourth-order valence-corrected chi connectivity index (χ4v) is 3.22. The summed E-state index contributed by atoms with van der Waals surface area (Å²) in [5.74, 6) is -0.0215. The number of hydrogen-bond acceptors (Lipinski definition) is 4. The van der Waals surface area contributed by atoms with Crippen LogP contribution in [0.4, 0.5) is 17.1 Å². The number of carbonyl (C=O) groups excluding carboxylic acids is 1. The molecule has 0 radical (unpaired) electrons. The Bertz CT molecular complexity index is 760. The zero-order chi connectivity index (χ0) is 18.4. The first-order chi connectivity index (χ1) is 12.6. The number of nitrogens with one attached hydrogen (secondary N) is 2. The van der Waals surface area contributed by atoms with Crippen LogP contribution < -0.4 is 15.5 Å². The third kappa shape index (κ3) is 4.90. The van der Waals surface area contributed by atoms with Crippen LogP contribution in [0.5, 0.6) is 0 Å². The minimum atomic E-state index is -0.0215. The van der Waals surface area contributed by atoms with Gasteiger partial charge in [0.15, 0.2) is 0 Å². The van der Waals surface area contributed by atoms with E-state index < -0.39 is 0 Å². The van der Waals surface area contributed by atoms with Crippen LogP contribution in [0.15, 0.2) is 42.5 Å². The van der Waals surface area contributed by atoms with Crippen molar-refractivity contribution in [3.8, 4) is 0 Å². The highest BCUT2D eigenvalue weighted by molar-refractivity contribution is 6.30. The van der Waals surface area contributed by atoms with Crippen LogP contribution in [0.1, 0.15) is 12.0 Å². The van der Waals surface area contributed by atoms with Gasteiger partial charge in [0.1, 0.15) is 0 Å². The van der Waals surface area contributed by atoms with Gasteiger partial charge in [-0.05, 0) is 42.8 Å². The molecular weight excluding hydrogens is 350 g/mol. The predicted molar refractivity (Wildman–Crippen MR) is 107 cm³/mol. The molecule has 0 unspecified atom stereocenters. The van der Waals surface area contributed by atoms with Gasteiger partial charge in [-0.2, -0.15) is 0 Å². The molecule has 1 aliphatic rings. The zero-order valence-corrected chi connectivity index (χ0v) is 15.7. The summed E-state index contributed by atoms with van der Waals surface area (Å²) in [5, 5.41) is 6.99. The first kappa shape index (κ1) is 18.5. The molecule has 0 spiro atoms. The molecule has 6 heteroatoms. The number of amides is 1. The number of morpholine rings is 1. The Balaban J connectivity index is 1.54. The molecule has 1 saturated heterocycles. The molecule has 5 nitrogen and oxygen atoms in total. The smallest absolute Gasteiger partial charge is 0.226 e. The topological polar surface area (TPSA) is 53.6 Å². The fraction of sp³-hybridized carbons (Fsp3) is 0.350. The van der Waals surface area contributed by atoms with Gasteiger partial charge in [0.25, 0.3) is 0 Å². The molecule has 1 fully saturated rings. The van der Waals surface area contributed by atoms with Gasteiger partial charge >= 0.3 is 0 Å². The number of hydrogen-bond donors (Lipinski definition) is 2. The van der Waals surface area contributed by atoms with Crippen molar-refractivity contribution in [3.05, 3.63) is 53.1 Å². The summed E-state index contributed by atoms with van der Waals surface area (Å²) in [4.78, 5) is 14.5. The van der Waals surface area contributed by atoms with Crippen LogP contribution in [0.3, 0.4) is 0 Å². The average Bonchev–Trinajstić information content (AvgIpc) is 2.65. The van der Waals surface area contributed by atoms with Gasteiger partial charge < -0.3 is 20.3 Å². The Labute approximate surface area is 159 Å². The van der Waals surface area contributed by atoms with Gasteiger partial charge in [0, 0.05) is 36.8 Å². The summed E-state index contributed by atoms with van der Waals surface area (Å²) in [6.45, 7) is 5.76. The normalized spacial score (nSPS) is 14.2. The van der Waals surface area contributed by atoms with Gasteiger partial charge in [-0.25, -0.2) is 0 Å². The predicted octanol–water partition coefficient (Wildman–Crippen LogP) is 3.93. The van der Waals surface area contributed by atoms with Crippen LogP contribution in [0.2, 0.25) is 5.02 Å². The van der Waals surface area contributed by atoms with Crippen molar-refractivity contribution in [1.29, 1.82) is 0 Å². The van der Waals surface area contributed by atoms with Crippen molar-refractivity contribution in [1.82, 2.24) is 0 Å². The largest absolute Gasteiger partial charge is 0.383 e. The van der Waals surface area contributed by atoms with Crippen LogP contribution in [0.25, 0.3) is 0 Å². The maximum Gasteiger partial charge on any atom is 0.226 e. The Kier molecular flexibility index (Phi) is 6.36. The van der Waals surface area contributed by atoms with E-state index in [1.54, 1.807) is 6.07 Å². The molecule has 0 atom stereocenters. The number of anilines is 3. The number of nitrogens with zero attached hydrogens (tertiary/aromatic N) is 1. The minimum Gasteiger partial charge on any atom is -0.383 e. The number of carbonyl (C=O) groups is 1. The van der Waals surface area contributed by atoms with E-state index in [9.17, 15) is 4.79 Å². The minimum absolute atomic E-state index is 0.0215. The van der Waals surface area contributed by atoms with Crippen LogP contribution in [0, 0.1) is 6.92 Å². The number of rotatable bonds is 6. The lowest BCUT2D eigenvalue weighted by molar-refractivity contribution is -0.115. The lowest BCUT2D eigenvalue weighted by atomic mass is 10.2. The lowest BCUT2D eigenvalue weighted by Gasteiger charge is -2.30. The van der Waals surface area contributed by atoms with Gasteiger partial charge in [-0.15, -0.1) is 0 Å². The molecule has 1 heterocycles. The van der Waals surface area contributed by atoms with E-state index in [0.29, 0.717) is 18.0 Å². The highest BCUT2D eigenvalue weighted by Crippen LogP contribution is 2.26. The van der Waals surface area contributed by atoms with Gasteiger partial charge in [0.2, 0.25) is 5.91 Å². The second-order valence-electron chi connectivity index (χ2n) is 6.30. The Morgan fingerprint density at radius 3 is 2.69 bits per heavy atom. The van der Waals surface area contributed by atoms with E-state index in [2.05, 4.69) is 21.6 Å². The van der Waals surface area contributed by atoms with E-state index in [1.807, 2.05) is 37.3 Å². The van der Waals surface area contributed by atoms with E-state index in [4.69, 9.17) is 16.3 Å². The summed E-state index contributed by atoms with van der Waals surface area (Å²) in [5.41, 5.74) is 3.96. The molecule has 3 rings (SSSR count). The SMILES string of the molecule is Cc1cc(Cl)ccc1NC(=O)CCNc1ccccc1N1CCOCC1. The summed E-state index contributed by atoms with van der Waals surface area (Å²) < 4.78 is 5.42. The first-order valence-electron chi connectivity index (χ1n) is 8.85. The van der Waals surface area contributed by atoms with E-state index in [-0.39, 0.29) is 5.91 Å². The van der Waals surface area contributed by atoms with Crippen molar-refractivity contribution in [2.45, 2.75) is 13.3 Å². The Morgan fingerprint density at radius 2 is 1.92 bits per heavy atom. The average molecular weight is 374 g/mol. The van der Waals surface area contributed by atoms with Gasteiger partial charge in [-0.3, -0.25) is 4.79 Å². The third-order valence-corrected chi connectivity index (χ3v) is 4.62. The Morgan fingerprint density at radius 1 is 1.15 bits per heavy atom. The molecule has 0 bridgehead atoms. The fourth-order valence-electron chi connectivity index (χ4n) is 2.99. The van der Waals surface area contributed by atoms with Gasteiger partial charge in [0.05, 0.1) is 24.6 Å². The van der Waals surface area contributed by atoms with E-state index >= 15 is 0 Å². The molecule has 0 saturated carbocycles. The summed E-state index contributed by atoms with van der Waals surface area (Å²) in [7, 11) is 0. The number of aryl methyl sites for hydroxylation is 1. The van der Waals surface area contributed by atoms with Crippen molar-refractivity contribution < 1.29 is 9.53 Å². The zero-order valence-electron chi connectivity index (χ0n) is 14.9. The standard InChI is InChI=1S/C20H24ClN3O2/c1-15-14-16(21)6-7-17(15)23-20(25)8-9-22-18-4-2-3-5-19(18)24-10-12-26-13-11-24/h2-7,14,22H,8-13H2,1H3,(H,23,25). The number of halogens is 1. The molecule has 0 aliphatic carbocycles. The highest BCUT2D eigenvalue weighted by atomic mass is 35.5. The molecule has 138 valence electrons. The lowest BCUT2D eigenvalue weighted by Crippen LogP contribution is -2.36. The maximum atomic E-state index is 12.2. The quantitative estimate of drug-likeness (QED) is 0.805. The monoisotopic (exact) mass is 373 g/mol. The van der Waals surface area contributed by atoms with Crippen LogP contribution in [-0.4, -0.2) is 38.8 Å². The second-order valence-corrected chi connectivity index (χ2v) is 6.74. The maximum absolute atomic E-state index is 12.2. The van der Waals surface area contributed by atoms with Crippen molar-refractivity contribution in [2.75, 3.05) is 48.4 Å². The van der Waals surface area contributed by atoms with Crippen molar-refractivity contribution in [3.63, 3.8) is 0 Å². The first-order valence-corrected chi connectivity index (χ1v) is 9.23. The van der Waals surface area contributed by atoms with E-state index in [0.717, 1.165) is 48.9 Å². The summed E-state index contributed by atoms with van der Waals surface area (Å²) >= 11 is 5.95. The van der Waals surface area contributed by atoms with Crippen molar-refractivity contribution in [2.24, 2.45) is 0 Å². The number of benzene rings is 2. The summed E-state index contributed by atoms with van der Waals surface area (Å²) in [6, 6.07) is 13.6. The number of ether oxygens (including phenoxy) is 1. The Hall–Kier alpha value is -2.24. The highest BCUT2D eigenvalue weighted by Gasteiger charge is 2.14. The molecular formula is C20H24ClN3O2. The molecule has 2 aromatic carbocycles. The van der Waals surface area contributed by atoms with Gasteiger partial charge in [-0.1, -0.05) is 23.7 Å².